The number of hydrogen-bond acceptors (Lipinski definition) is 6. The maximum atomic E-state index is 12.9. The molecule has 0 aliphatic carbocycles. The van der Waals surface area contributed by atoms with Gasteiger partial charge in [0, 0.05) is 49.5 Å². The van der Waals surface area contributed by atoms with Gasteiger partial charge in [0.25, 0.3) is 5.56 Å². The van der Waals surface area contributed by atoms with Crippen molar-refractivity contribution >= 4 is 5.82 Å². The van der Waals surface area contributed by atoms with Gasteiger partial charge < -0.3 is 15.0 Å². The van der Waals surface area contributed by atoms with E-state index in [1.165, 1.54) is 0 Å². The molecule has 1 unspecified atom stereocenters. The van der Waals surface area contributed by atoms with E-state index >= 15 is 0 Å². The summed E-state index contributed by atoms with van der Waals surface area (Å²) in [5.74, 6) is 0.389. The summed E-state index contributed by atoms with van der Waals surface area (Å²) < 4.78 is 1.70. The van der Waals surface area contributed by atoms with Gasteiger partial charge in [-0.2, -0.15) is 0 Å². The highest BCUT2D eigenvalue weighted by Crippen LogP contribution is 2.38. The van der Waals surface area contributed by atoms with Gasteiger partial charge in [0.05, 0.1) is 18.3 Å². The van der Waals surface area contributed by atoms with Crippen molar-refractivity contribution in [3.05, 3.63) is 119 Å². The largest absolute Gasteiger partial charge is 0.395 e. The van der Waals surface area contributed by atoms with Crippen molar-refractivity contribution in [2.24, 2.45) is 0 Å². The van der Waals surface area contributed by atoms with E-state index in [-0.39, 0.29) is 18.1 Å². The Morgan fingerprint density at radius 2 is 1.65 bits per heavy atom. The summed E-state index contributed by atoms with van der Waals surface area (Å²) in [6.07, 6.45) is 8.86. The van der Waals surface area contributed by atoms with Gasteiger partial charge in [0.1, 0.15) is 5.82 Å². The van der Waals surface area contributed by atoms with Crippen LogP contribution in [0.25, 0.3) is 0 Å². The minimum atomic E-state index is -0.432. The van der Waals surface area contributed by atoms with Crippen LogP contribution < -0.4 is 10.9 Å². The fourth-order valence-corrected chi connectivity index (χ4v) is 3.72. The van der Waals surface area contributed by atoms with Gasteiger partial charge in [0.15, 0.2) is 0 Å². The highest BCUT2D eigenvalue weighted by molar-refractivity contribution is 5.39. The van der Waals surface area contributed by atoms with Gasteiger partial charge in [-0.3, -0.25) is 14.8 Å². The number of anilines is 1. The lowest BCUT2D eigenvalue weighted by Gasteiger charge is -2.29. The molecule has 0 aliphatic rings. The fourth-order valence-electron chi connectivity index (χ4n) is 3.72. The average molecular weight is 413 g/mol. The van der Waals surface area contributed by atoms with Gasteiger partial charge in [-0.15, -0.1) is 0 Å². The number of aromatic nitrogens is 4. The summed E-state index contributed by atoms with van der Waals surface area (Å²) >= 11 is 0. The van der Waals surface area contributed by atoms with Crippen LogP contribution in [0.3, 0.4) is 0 Å². The van der Waals surface area contributed by atoms with Crippen LogP contribution in [0, 0.1) is 0 Å². The molecule has 4 aromatic heterocycles. The number of nitrogens with one attached hydrogen (secondary N) is 1. The third-order valence-corrected chi connectivity index (χ3v) is 5.05. The molecule has 31 heavy (non-hydrogen) atoms. The number of pyridine rings is 4. The zero-order valence-electron chi connectivity index (χ0n) is 16.9. The molecule has 0 bridgehead atoms. The number of rotatable bonds is 8. The van der Waals surface area contributed by atoms with Crippen LogP contribution in [0.1, 0.15) is 28.8 Å². The van der Waals surface area contributed by atoms with Crippen LogP contribution >= 0.6 is 0 Å². The Labute approximate surface area is 180 Å². The molecular weight excluding hydrogens is 390 g/mol. The van der Waals surface area contributed by atoms with Gasteiger partial charge in [-0.25, -0.2) is 4.98 Å². The summed E-state index contributed by atoms with van der Waals surface area (Å²) in [6.45, 7) is 0.391. The Kier molecular flexibility index (Phi) is 6.44. The molecule has 4 aromatic rings. The summed E-state index contributed by atoms with van der Waals surface area (Å²) in [7, 11) is 0. The second-order valence-electron chi connectivity index (χ2n) is 7.04. The maximum Gasteiger partial charge on any atom is 0.251 e. The summed E-state index contributed by atoms with van der Waals surface area (Å²) in [6, 6.07) is 18.1. The van der Waals surface area contributed by atoms with Crippen molar-refractivity contribution in [1.29, 1.82) is 0 Å². The van der Waals surface area contributed by atoms with Crippen molar-refractivity contribution in [2.75, 3.05) is 18.5 Å². The van der Waals surface area contributed by atoms with E-state index in [1.54, 1.807) is 35.3 Å². The molecule has 4 rings (SSSR count). The van der Waals surface area contributed by atoms with Crippen LogP contribution in [-0.4, -0.2) is 37.8 Å². The first-order valence-corrected chi connectivity index (χ1v) is 10.1. The first kappa shape index (κ1) is 20.4. The number of nitrogens with zero attached hydrogens (tertiary/aromatic N) is 4. The molecule has 7 heteroatoms. The summed E-state index contributed by atoms with van der Waals surface area (Å²) in [4.78, 5) is 26.3. The predicted molar refractivity (Wildman–Crippen MR) is 119 cm³/mol. The van der Waals surface area contributed by atoms with E-state index in [0.29, 0.717) is 18.1 Å². The molecule has 0 fully saturated rings. The van der Waals surface area contributed by atoms with Crippen molar-refractivity contribution in [2.45, 2.75) is 12.0 Å². The first-order valence-electron chi connectivity index (χ1n) is 10.1. The Hall–Kier alpha value is -3.84. The Balaban J connectivity index is 1.93. The smallest absolute Gasteiger partial charge is 0.251 e. The lowest BCUT2D eigenvalue weighted by atomic mass is 9.84. The second kappa shape index (κ2) is 9.77. The molecular formula is C24H23N5O2. The third-order valence-electron chi connectivity index (χ3n) is 5.05. The van der Waals surface area contributed by atoms with E-state index in [9.17, 15) is 4.79 Å². The zero-order chi connectivity index (χ0) is 21.5. The molecule has 0 amide bonds. The van der Waals surface area contributed by atoms with Gasteiger partial charge >= 0.3 is 0 Å². The van der Waals surface area contributed by atoms with E-state index in [1.807, 2.05) is 60.9 Å². The second-order valence-corrected chi connectivity index (χ2v) is 7.04. The summed E-state index contributed by atoms with van der Waals surface area (Å²) in [5, 5.41) is 12.3. The zero-order valence-corrected chi connectivity index (χ0v) is 16.9. The molecule has 7 nitrogen and oxygen atoms in total. The van der Waals surface area contributed by atoms with Gasteiger partial charge in [0.2, 0.25) is 0 Å². The maximum absolute atomic E-state index is 12.9. The average Bonchev–Trinajstić information content (AvgIpc) is 2.83. The van der Waals surface area contributed by atoms with Gasteiger partial charge in [-0.1, -0.05) is 24.3 Å². The lowest BCUT2D eigenvalue weighted by Crippen LogP contribution is -2.30. The SMILES string of the molecule is O=c1ccccn1C(c1cccc(NCCO)n1)C(c1cccnc1)c1cccnc1. The minimum absolute atomic E-state index is 0.00146. The topological polar surface area (TPSA) is 92.9 Å². The molecule has 156 valence electrons. The van der Waals surface area contributed by atoms with Crippen LogP contribution in [0.5, 0.6) is 0 Å². The molecule has 2 N–H and O–H groups in total. The van der Waals surface area contributed by atoms with Crippen LogP contribution in [0.4, 0.5) is 5.82 Å². The minimum Gasteiger partial charge on any atom is -0.395 e. The van der Waals surface area contributed by atoms with Crippen LogP contribution in [0.15, 0.2) is 96.4 Å². The van der Waals surface area contributed by atoms with Crippen molar-refractivity contribution in [3.63, 3.8) is 0 Å². The highest BCUT2D eigenvalue weighted by Gasteiger charge is 2.30. The Bertz CT molecular complexity index is 1130. The monoisotopic (exact) mass is 413 g/mol. The lowest BCUT2D eigenvalue weighted by molar-refractivity contribution is 0.311. The molecule has 0 saturated heterocycles. The Morgan fingerprint density at radius 1 is 0.903 bits per heavy atom. The third kappa shape index (κ3) is 4.67. The van der Waals surface area contributed by atoms with Gasteiger partial charge in [-0.05, 0) is 41.5 Å². The van der Waals surface area contributed by atoms with Crippen molar-refractivity contribution in [3.8, 4) is 0 Å². The van der Waals surface area contributed by atoms with Crippen LogP contribution in [0.2, 0.25) is 0 Å². The molecule has 4 heterocycles. The fraction of sp³-hybridized carbons (Fsp3) is 0.167. The highest BCUT2D eigenvalue weighted by atomic mass is 16.3. The molecule has 0 radical (unpaired) electrons. The molecule has 1 atom stereocenters. The Morgan fingerprint density at radius 3 is 2.26 bits per heavy atom. The van der Waals surface area contributed by atoms with E-state index in [0.717, 1.165) is 11.1 Å². The van der Waals surface area contributed by atoms with Crippen molar-refractivity contribution in [1.82, 2.24) is 19.5 Å². The first-order chi connectivity index (χ1) is 15.3. The van der Waals surface area contributed by atoms with Crippen molar-refractivity contribution < 1.29 is 5.11 Å². The molecule has 0 aromatic carbocycles. The normalized spacial score (nSPS) is 11.9. The number of aliphatic hydroxyl groups is 1. The van der Waals surface area contributed by atoms with Crippen LogP contribution in [-0.2, 0) is 0 Å². The quantitative estimate of drug-likeness (QED) is 0.461. The summed E-state index contributed by atoms with van der Waals surface area (Å²) in [5.41, 5.74) is 2.49. The van der Waals surface area contributed by atoms with E-state index in [2.05, 4.69) is 15.3 Å². The molecule has 0 aliphatic heterocycles. The molecule has 0 saturated carbocycles. The van der Waals surface area contributed by atoms with E-state index in [4.69, 9.17) is 10.1 Å². The molecule has 0 spiro atoms. The standard InChI is InChI=1S/C24H23N5O2/c30-15-13-27-21-9-3-8-20(28-21)24(29-14-2-1-10-22(29)31)23(18-6-4-11-25-16-18)19-7-5-12-26-17-19/h1-12,14,16-17,23-24,30H,13,15H2,(H,27,28). The number of hydrogen-bond donors (Lipinski definition) is 2. The number of aliphatic hydroxyl groups excluding tert-OH is 1. The predicted octanol–water partition coefficient (Wildman–Crippen LogP) is 2.86. The van der Waals surface area contributed by atoms with E-state index < -0.39 is 6.04 Å².